The number of carboxylic acid groups (broad SMARTS) is 1. The molecule has 8 heteroatoms. The minimum atomic E-state index is -1.44. The van der Waals surface area contributed by atoms with Crippen LogP contribution in [0.4, 0.5) is 0 Å². The summed E-state index contributed by atoms with van der Waals surface area (Å²) in [6.07, 6.45) is 1.49. The van der Waals surface area contributed by atoms with Crippen LogP contribution in [0.3, 0.4) is 0 Å². The van der Waals surface area contributed by atoms with Crippen LogP contribution in [0, 0.1) is 0 Å². The van der Waals surface area contributed by atoms with Crippen molar-refractivity contribution < 1.29 is 24.2 Å². The van der Waals surface area contributed by atoms with Gasteiger partial charge in [-0.1, -0.05) is 106 Å². The summed E-state index contributed by atoms with van der Waals surface area (Å²) in [6, 6.07) is 30.3. The number of carbonyl (C=O) groups is 1. The normalized spacial score (nSPS) is 13.5. The minimum Gasteiger partial charge on any atom is -0.490 e. The lowest BCUT2D eigenvalue weighted by Gasteiger charge is -2.28. The van der Waals surface area contributed by atoms with E-state index < -0.39 is 20.1 Å². The summed E-state index contributed by atoms with van der Waals surface area (Å²) >= 11 is 0. The Morgan fingerprint density at radius 2 is 1.53 bits per heavy atom. The van der Waals surface area contributed by atoms with Crippen molar-refractivity contribution in [2.45, 2.75) is 77.2 Å². The average Bonchev–Trinajstić information content (AvgIpc) is 3.04. The van der Waals surface area contributed by atoms with E-state index in [1.807, 2.05) is 97.9 Å². The van der Waals surface area contributed by atoms with E-state index in [1.54, 1.807) is 6.20 Å². The van der Waals surface area contributed by atoms with Crippen molar-refractivity contribution in [1.82, 2.24) is 4.98 Å². The number of benzene rings is 3. The molecule has 47 heavy (non-hydrogen) atoms. The van der Waals surface area contributed by atoms with Crippen LogP contribution in [-0.2, 0) is 15.0 Å². The highest BCUT2D eigenvalue weighted by molar-refractivity contribution is 6.76. The number of ether oxygens (including phenoxy) is 2. The predicted octanol–water partition coefficient (Wildman–Crippen LogP) is 9.21. The molecule has 0 aliphatic rings. The van der Waals surface area contributed by atoms with Crippen molar-refractivity contribution in [3.8, 4) is 22.8 Å². The molecule has 1 aromatic heterocycles. The first-order valence-corrected chi connectivity index (χ1v) is 19.9. The molecular formula is C39H48N2O5Si. The number of oxime groups is 1. The number of hydrogen-bond acceptors (Lipinski definition) is 6. The van der Waals surface area contributed by atoms with E-state index in [4.69, 9.17) is 14.3 Å². The molecule has 0 fully saturated rings. The van der Waals surface area contributed by atoms with Gasteiger partial charge >= 0.3 is 5.97 Å². The first-order valence-electron chi connectivity index (χ1n) is 16.2. The maximum Gasteiger partial charge on any atom is 0.345 e. The lowest BCUT2D eigenvalue weighted by atomic mass is 9.87. The molecule has 3 aromatic carbocycles. The number of pyridine rings is 1. The van der Waals surface area contributed by atoms with Gasteiger partial charge in [-0.25, -0.2) is 4.79 Å². The van der Waals surface area contributed by atoms with Gasteiger partial charge in [-0.2, -0.15) is 0 Å². The molecule has 0 bridgehead atoms. The van der Waals surface area contributed by atoms with Crippen molar-refractivity contribution in [2.75, 3.05) is 13.2 Å². The topological polar surface area (TPSA) is 90.2 Å². The van der Waals surface area contributed by atoms with Crippen molar-refractivity contribution in [2.24, 2.45) is 5.16 Å². The van der Waals surface area contributed by atoms with E-state index in [0.717, 1.165) is 40.6 Å². The molecule has 2 atom stereocenters. The standard InChI is InChI=1S/C39H48N2O5Si/c1-28(29-11-13-31(14-12-29)36-10-8-9-24-40-36)41-45-26-25-44-33-19-15-30(16-20-33)35(23-27-47(5,6)7)37(38(42)43)46-34-21-17-32(18-22-34)39(2,3)4/h8-22,24,35,37H,23,25-27H2,1-7H3,(H,42,43). The number of aromatic nitrogens is 1. The highest BCUT2D eigenvalue weighted by atomic mass is 28.3. The molecule has 4 rings (SSSR count). The van der Waals surface area contributed by atoms with Crippen LogP contribution < -0.4 is 9.47 Å². The number of hydrogen-bond donors (Lipinski definition) is 1. The Morgan fingerprint density at radius 3 is 2.11 bits per heavy atom. The van der Waals surface area contributed by atoms with Crippen LogP contribution in [0.15, 0.2) is 102 Å². The van der Waals surface area contributed by atoms with Crippen molar-refractivity contribution in [1.29, 1.82) is 0 Å². The van der Waals surface area contributed by atoms with Gasteiger partial charge in [0, 0.05) is 25.8 Å². The molecule has 7 nitrogen and oxygen atoms in total. The highest BCUT2D eigenvalue weighted by Gasteiger charge is 2.33. The summed E-state index contributed by atoms with van der Waals surface area (Å²) in [4.78, 5) is 22.5. The van der Waals surface area contributed by atoms with Gasteiger partial charge in [-0.15, -0.1) is 0 Å². The maximum absolute atomic E-state index is 12.6. The largest absolute Gasteiger partial charge is 0.490 e. The summed E-state index contributed by atoms with van der Waals surface area (Å²) in [5.41, 5.74) is 5.79. The van der Waals surface area contributed by atoms with E-state index >= 15 is 0 Å². The molecule has 1 N–H and O–H groups in total. The van der Waals surface area contributed by atoms with Gasteiger partial charge in [0.25, 0.3) is 0 Å². The third-order valence-electron chi connectivity index (χ3n) is 8.01. The molecule has 0 aliphatic heterocycles. The van der Waals surface area contributed by atoms with E-state index in [0.29, 0.717) is 18.1 Å². The Kier molecular flexibility index (Phi) is 12.0. The van der Waals surface area contributed by atoms with Gasteiger partial charge in [0.2, 0.25) is 6.10 Å². The van der Waals surface area contributed by atoms with Gasteiger partial charge in [-0.3, -0.25) is 4.98 Å². The molecule has 2 unspecified atom stereocenters. The molecule has 248 valence electrons. The summed E-state index contributed by atoms with van der Waals surface area (Å²) < 4.78 is 12.1. The number of rotatable bonds is 15. The maximum atomic E-state index is 12.6. The van der Waals surface area contributed by atoms with Crippen LogP contribution in [0.5, 0.6) is 11.5 Å². The van der Waals surface area contributed by atoms with E-state index in [9.17, 15) is 9.90 Å². The average molecular weight is 653 g/mol. The number of carboxylic acids is 1. The molecular weight excluding hydrogens is 605 g/mol. The lowest BCUT2D eigenvalue weighted by molar-refractivity contribution is -0.146. The zero-order valence-corrected chi connectivity index (χ0v) is 29.7. The number of nitrogens with zero attached hydrogens (tertiary/aromatic N) is 2. The van der Waals surface area contributed by atoms with Gasteiger partial charge in [-0.05, 0) is 71.8 Å². The SMILES string of the molecule is CC(=NOCCOc1ccc(C(CC[Si](C)(C)C)C(Oc2ccc(C(C)(C)C)cc2)C(=O)O)cc1)c1ccc(-c2ccccn2)cc1. The fourth-order valence-electron chi connectivity index (χ4n) is 5.19. The van der Waals surface area contributed by atoms with E-state index in [2.05, 4.69) is 50.6 Å². The second-order valence-electron chi connectivity index (χ2n) is 14.1. The summed E-state index contributed by atoms with van der Waals surface area (Å²) in [7, 11) is -1.44. The zero-order chi connectivity index (χ0) is 34.0. The van der Waals surface area contributed by atoms with Crippen LogP contribution in [0.2, 0.25) is 25.7 Å². The molecule has 4 aromatic rings. The van der Waals surface area contributed by atoms with Crippen molar-refractivity contribution >= 4 is 19.8 Å². The second kappa shape index (κ2) is 15.9. The second-order valence-corrected chi connectivity index (χ2v) is 19.7. The Morgan fingerprint density at radius 1 is 0.872 bits per heavy atom. The smallest absolute Gasteiger partial charge is 0.345 e. The zero-order valence-electron chi connectivity index (χ0n) is 28.7. The molecule has 0 amide bonds. The third-order valence-corrected chi connectivity index (χ3v) is 9.80. The van der Waals surface area contributed by atoms with Gasteiger partial charge in [0.1, 0.15) is 18.1 Å². The Balaban J connectivity index is 1.36. The van der Waals surface area contributed by atoms with E-state index in [-0.39, 0.29) is 17.9 Å². The quantitative estimate of drug-likeness (QED) is 0.0596. The lowest BCUT2D eigenvalue weighted by Crippen LogP contribution is -2.35. The van der Waals surface area contributed by atoms with Crippen LogP contribution in [0.25, 0.3) is 11.3 Å². The Bertz CT molecular complexity index is 1590. The van der Waals surface area contributed by atoms with Gasteiger partial charge in [0.05, 0.1) is 11.4 Å². The molecule has 0 radical (unpaired) electrons. The van der Waals surface area contributed by atoms with Gasteiger partial charge < -0.3 is 19.4 Å². The molecule has 0 spiro atoms. The fourth-order valence-corrected chi connectivity index (χ4v) is 6.36. The number of aliphatic carboxylic acids is 1. The molecule has 0 aliphatic carbocycles. The highest BCUT2D eigenvalue weighted by Crippen LogP contribution is 2.33. The van der Waals surface area contributed by atoms with E-state index in [1.165, 1.54) is 5.56 Å². The molecule has 0 saturated heterocycles. The van der Waals surface area contributed by atoms with Crippen molar-refractivity contribution in [3.63, 3.8) is 0 Å². The molecule has 1 heterocycles. The molecule has 0 saturated carbocycles. The third kappa shape index (κ3) is 10.8. The summed E-state index contributed by atoms with van der Waals surface area (Å²) in [5, 5.41) is 14.6. The van der Waals surface area contributed by atoms with Crippen LogP contribution in [0.1, 0.15) is 56.7 Å². The Hall–Kier alpha value is -4.43. The first-order chi connectivity index (χ1) is 22.3. The van der Waals surface area contributed by atoms with Gasteiger partial charge in [0.15, 0.2) is 6.61 Å². The van der Waals surface area contributed by atoms with Crippen LogP contribution >= 0.6 is 0 Å². The predicted molar refractivity (Wildman–Crippen MR) is 192 cm³/mol. The minimum absolute atomic E-state index is 0.000841. The summed E-state index contributed by atoms with van der Waals surface area (Å²) in [5.74, 6) is -0.0439. The van der Waals surface area contributed by atoms with Crippen molar-refractivity contribution in [3.05, 3.63) is 114 Å². The monoisotopic (exact) mass is 652 g/mol. The summed E-state index contributed by atoms with van der Waals surface area (Å²) in [6.45, 7) is 15.9. The fraction of sp³-hybridized carbons (Fsp3) is 0.359. The first kappa shape index (κ1) is 35.4. The van der Waals surface area contributed by atoms with Crippen LogP contribution in [-0.4, -0.2) is 49.2 Å². The Labute approximate surface area is 280 Å².